The Kier molecular flexibility index (Phi) is 5.91. The van der Waals surface area contributed by atoms with Gasteiger partial charge >= 0.3 is 6.03 Å². The molecule has 4 amide bonds. The molecule has 0 aliphatic heterocycles. The third kappa shape index (κ3) is 5.18. The molecular weight excluding hydrogens is 212 g/mol. The summed E-state index contributed by atoms with van der Waals surface area (Å²) in [4.78, 5) is 32.8. The molecule has 0 fully saturated rings. The van der Waals surface area contributed by atoms with Gasteiger partial charge in [0.05, 0.1) is 6.54 Å². The summed E-state index contributed by atoms with van der Waals surface area (Å²) in [6, 6.07) is -1.53. The van der Waals surface area contributed by atoms with E-state index in [9.17, 15) is 14.4 Å². The third-order valence-electron chi connectivity index (χ3n) is 2.23. The predicted molar refractivity (Wildman–Crippen MR) is 58.2 cm³/mol. The SMILES string of the molecule is CC[C@H](C)[C@H](NC(N)=O)C(=O)NCC(N)=O. The quantitative estimate of drug-likeness (QED) is 0.451. The fourth-order valence-corrected chi connectivity index (χ4v) is 1.14. The van der Waals surface area contributed by atoms with E-state index < -0.39 is 23.9 Å². The number of nitrogens with one attached hydrogen (secondary N) is 2. The second-order valence-electron chi connectivity index (χ2n) is 3.56. The van der Waals surface area contributed by atoms with Crippen LogP contribution in [0.2, 0.25) is 0 Å². The lowest BCUT2D eigenvalue weighted by Crippen LogP contribution is -2.52. The van der Waals surface area contributed by atoms with Crippen LogP contribution in [0.15, 0.2) is 0 Å². The van der Waals surface area contributed by atoms with Crippen LogP contribution in [0.1, 0.15) is 20.3 Å². The molecule has 7 nitrogen and oxygen atoms in total. The normalized spacial score (nSPS) is 13.6. The molecule has 0 aromatic heterocycles. The summed E-state index contributed by atoms with van der Waals surface area (Å²) in [7, 11) is 0. The van der Waals surface area contributed by atoms with Crippen LogP contribution >= 0.6 is 0 Å². The summed E-state index contributed by atoms with van der Waals surface area (Å²) in [5.41, 5.74) is 9.84. The minimum atomic E-state index is -0.778. The smallest absolute Gasteiger partial charge is 0.312 e. The first-order valence-electron chi connectivity index (χ1n) is 5.00. The van der Waals surface area contributed by atoms with Crippen molar-refractivity contribution in [1.29, 1.82) is 0 Å². The highest BCUT2D eigenvalue weighted by Gasteiger charge is 2.24. The summed E-state index contributed by atoms with van der Waals surface area (Å²) in [5.74, 6) is -1.19. The van der Waals surface area contributed by atoms with Gasteiger partial charge in [0.25, 0.3) is 0 Å². The van der Waals surface area contributed by atoms with Crippen LogP contribution in [0.4, 0.5) is 4.79 Å². The van der Waals surface area contributed by atoms with Crippen molar-refractivity contribution < 1.29 is 14.4 Å². The van der Waals surface area contributed by atoms with Crippen LogP contribution in [-0.2, 0) is 9.59 Å². The standard InChI is InChI=1S/C9H18N4O3/c1-3-5(2)7(13-9(11)16)8(15)12-4-6(10)14/h5,7H,3-4H2,1-2H3,(H2,10,14)(H,12,15)(H3,11,13,16)/t5-,7-/m0/s1. The zero-order valence-corrected chi connectivity index (χ0v) is 9.45. The number of primary amides is 2. The topological polar surface area (TPSA) is 127 Å². The fourth-order valence-electron chi connectivity index (χ4n) is 1.14. The van der Waals surface area contributed by atoms with Gasteiger partial charge in [-0.25, -0.2) is 4.79 Å². The Balaban J connectivity index is 4.43. The molecule has 0 aromatic carbocycles. The van der Waals surface area contributed by atoms with Gasteiger partial charge in [-0.1, -0.05) is 20.3 Å². The fraction of sp³-hybridized carbons (Fsp3) is 0.667. The Morgan fingerprint density at radius 1 is 1.25 bits per heavy atom. The Bertz CT molecular complexity index is 280. The molecule has 7 heteroatoms. The van der Waals surface area contributed by atoms with Crippen LogP contribution in [0.25, 0.3) is 0 Å². The third-order valence-corrected chi connectivity index (χ3v) is 2.23. The maximum Gasteiger partial charge on any atom is 0.312 e. The lowest BCUT2D eigenvalue weighted by atomic mass is 9.98. The molecule has 16 heavy (non-hydrogen) atoms. The zero-order chi connectivity index (χ0) is 12.7. The van der Waals surface area contributed by atoms with Gasteiger partial charge in [-0.05, 0) is 5.92 Å². The number of rotatable bonds is 6. The Hall–Kier alpha value is -1.79. The zero-order valence-electron chi connectivity index (χ0n) is 9.45. The van der Waals surface area contributed by atoms with Gasteiger partial charge in [0.1, 0.15) is 6.04 Å². The van der Waals surface area contributed by atoms with Gasteiger partial charge in [-0.3, -0.25) is 9.59 Å². The maximum absolute atomic E-state index is 11.6. The van der Waals surface area contributed by atoms with Gasteiger partial charge < -0.3 is 22.1 Å². The molecule has 0 heterocycles. The van der Waals surface area contributed by atoms with E-state index >= 15 is 0 Å². The molecule has 2 atom stereocenters. The highest BCUT2D eigenvalue weighted by Crippen LogP contribution is 2.07. The van der Waals surface area contributed by atoms with Gasteiger partial charge in [-0.2, -0.15) is 0 Å². The molecule has 0 aliphatic rings. The second kappa shape index (κ2) is 6.65. The van der Waals surface area contributed by atoms with E-state index in [2.05, 4.69) is 10.6 Å². The maximum atomic E-state index is 11.6. The van der Waals surface area contributed by atoms with E-state index in [-0.39, 0.29) is 12.5 Å². The number of carbonyl (C=O) groups is 3. The summed E-state index contributed by atoms with van der Waals surface area (Å²) < 4.78 is 0. The first-order valence-corrected chi connectivity index (χ1v) is 5.00. The van der Waals surface area contributed by atoms with Crippen LogP contribution in [0, 0.1) is 5.92 Å². The van der Waals surface area contributed by atoms with Crippen molar-refractivity contribution in [3.05, 3.63) is 0 Å². The molecule has 0 spiro atoms. The summed E-state index contributed by atoms with van der Waals surface area (Å²) in [5, 5.41) is 4.65. The number of carbonyl (C=O) groups excluding carboxylic acids is 3. The van der Waals surface area contributed by atoms with Crippen molar-refractivity contribution in [2.75, 3.05) is 6.54 Å². The minimum Gasteiger partial charge on any atom is -0.368 e. The first-order chi connectivity index (χ1) is 7.38. The average molecular weight is 230 g/mol. The number of hydrogen-bond acceptors (Lipinski definition) is 3. The van der Waals surface area contributed by atoms with E-state index in [0.29, 0.717) is 6.42 Å². The number of urea groups is 1. The van der Waals surface area contributed by atoms with Crippen molar-refractivity contribution in [1.82, 2.24) is 10.6 Å². The largest absolute Gasteiger partial charge is 0.368 e. The molecule has 6 N–H and O–H groups in total. The molecule has 0 bridgehead atoms. The van der Waals surface area contributed by atoms with Gasteiger partial charge in [0.2, 0.25) is 11.8 Å². The predicted octanol–water partition coefficient (Wildman–Crippen LogP) is -1.33. The van der Waals surface area contributed by atoms with Crippen molar-refractivity contribution in [2.24, 2.45) is 17.4 Å². The lowest BCUT2D eigenvalue weighted by Gasteiger charge is -2.22. The van der Waals surface area contributed by atoms with Gasteiger partial charge in [0, 0.05) is 0 Å². The van der Waals surface area contributed by atoms with Crippen molar-refractivity contribution in [3.8, 4) is 0 Å². The summed E-state index contributed by atoms with van der Waals surface area (Å²) in [6.07, 6.45) is 0.689. The van der Waals surface area contributed by atoms with Crippen LogP contribution < -0.4 is 22.1 Å². The van der Waals surface area contributed by atoms with E-state index in [1.165, 1.54) is 0 Å². The van der Waals surface area contributed by atoms with E-state index in [1.807, 2.05) is 6.92 Å². The van der Waals surface area contributed by atoms with Crippen molar-refractivity contribution >= 4 is 17.8 Å². The average Bonchev–Trinajstić information content (AvgIpc) is 2.21. The van der Waals surface area contributed by atoms with Crippen LogP contribution in [-0.4, -0.2) is 30.4 Å². The van der Waals surface area contributed by atoms with Gasteiger partial charge in [0.15, 0.2) is 0 Å². The van der Waals surface area contributed by atoms with E-state index in [4.69, 9.17) is 11.5 Å². The lowest BCUT2D eigenvalue weighted by molar-refractivity contribution is -0.126. The van der Waals surface area contributed by atoms with E-state index in [0.717, 1.165) is 0 Å². The molecule has 0 rings (SSSR count). The number of hydrogen-bond donors (Lipinski definition) is 4. The molecule has 0 saturated heterocycles. The second-order valence-corrected chi connectivity index (χ2v) is 3.56. The molecule has 0 aliphatic carbocycles. The Labute approximate surface area is 93.9 Å². The monoisotopic (exact) mass is 230 g/mol. The molecule has 0 radical (unpaired) electrons. The molecule has 0 unspecified atom stereocenters. The van der Waals surface area contributed by atoms with Gasteiger partial charge in [-0.15, -0.1) is 0 Å². The van der Waals surface area contributed by atoms with E-state index in [1.54, 1.807) is 6.92 Å². The Morgan fingerprint density at radius 2 is 1.81 bits per heavy atom. The molecule has 0 saturated carbocycles. The summed E-state index contributed by atoms with van der Waals surface area (Å²) in [6.45, 7) is 3.42. The number of nitrogens with two attached hydrogens (primary N) is 2. The minimum absolute atomic E-state index is 0.0830. The van der Waals surface area contributed by atoms with Crippen LogP contribution in [0.3, 0.4) is 0 Å². The highest BCUT2D eigenvalue weighted by atomic mass is 16.2. The molecule has 0 aromatic rings. The molecule has 92 valence electrons. The van der Waals surface area contributed by atoms with Crippen LogP contribution in [0.5, 0.6) is 0 Å². The molecular formula is C9H18N4O3. The Morgan fingerprint density at radius 3 is 2.19 bits per heavy atom. The summed E-state index contributed by atoms with van der Waals surface area (Å²) >= 11 is 0. The highest BCUT2D eigenvalue weighted by molar-refractivity contribution is 5.89. The van der Waals surface area contributed by atoms with Crippen molar-refractivity contribution in [2.45, 2.75) is 26.3 Å². The first kappa shape index (κ1) is 14.2. The van der Waals surface area contributed by atoms with Crippen molar-refractivity contribution in [3.63, 3.8) is 0 Å². The number of amides is 4.